The van der Waals surface area contributed by atoms with Crippen LogP contribution in [0.2, 0.25) is 0 Å². The summed E-state index contributed by atoms with van der Waals surface area (Å²) in [4.78, 5) is 30.8. The van der Waals surface area contributed by atoms with Crippen molar-refractivity contribution < 1.29 is 14.0 Å². The van der Waals surface area contributed by atoms with Crippen molar-refractivity contribution in [3.05, 3.63) is 84.1 Å². The highest BCUT2D eigenvalue weighted by Crippen LogP contribution is 2.12. The van der Waals surface area contributed by atoms with Crippen molar-refractivity contribution in [2.45, 2.75) is 13.5 Å². The number of aromatic nitrogens is 1. The number of hydrogen-bond acceptors (Lipinski definition) is 4. The molecule has 2 amide bonds. The smallest absolute Gasteiger partial charge is 0.256 e. The molecule has 0 aliphatic heterocycles. The fourth-order valence-electron chi connectivity index (χ4n) is 2.46. The molecule has 1 aromatic carbocycles. The second-order valence-corrected chi connectivity index (χ2v) is 5.84. The predicted molar refractivity (Wildman–Crippen MR) is 97.5 cm³/mol. The second kappa shape index (κ2) is 8.11. The van der Waals surface area contributed by atoms with Crippen LogP contribution < -0.4 is 5.32 Å². The van der Waals surface area contributed by atoms with E-state index in [4.69, 9.17) is 4.42 Å². The van der Waals surface area contributed by atoms with E-state index in [9.17, 15) is 9.59 Å². The van der Waals surface area contributed by atoms with Crippen LogP contribution in [0.5, 0.6) is 0 Å². The molecule has 3 rings (SSSR count). The Balaban J connectivity index is 1.75. The van der Waals surface area contributed by atoms with E-state index in [1.807, 2.05) is 25.1 Å². The molecule has 132 valence electrons. The summed E-state index contributed by atoms with van der Waals surface area (Å²) in [6.07, 6.45) is 3.05. The number of amides is 2. The molecule has 2 heterocycles. The van der Waals surface area contributed by atoms with Crippen LogP contribution in [-0.4, -0.2) is 28.2 Å². The molecule has 0 radical (unpaired) electrons. The van der Waals surface area contributed by atoms with Crippen LogP contribution in [0, 0.1) is 6.92 Å². The molecule has 0 saturated carbocycles. The van der Waals surface area contributed by atoms with E-state index in [-0.39, 0.29) is 24.9 Å². The minimum Gasteiger partial charge on any atom is -0.467 e. The lowest BCUT2D eigenvalue weighted by atomic mass is 10.2. The first kappa shape index (κ1) is 17.4. The van der Waals surface area contributed by atoms with E-state index in [0.29, 0.717) is 17.0 Å². The van der Waals surface area contributed by atoms with Gasteiger partial charge in [-0.15, -0.1) is 0 Å². The Labute approximate surface area is 151 Å². The molecule has 0 fully saturated rings. The van der Waals surface area contributed by atoms with Crippen LogP contribution in [0.4, 0.5) is 5.69 Å². The summed E-state index contributed by atoms with van der Waals surface area (Å²) < 4.78 is 5.33. The number of furan rings is 1. The first-order chi connectivity index (χ1) is 12.6. The second-order valence-electron chi connectivity index (χ2n) is 5.84. The Morgan fingerprint density at radius 3 is 2.54 bits per heavy atom. The number of nitrogens with one attached hydrogen (secondary N) is 1. The van der Waals surface area contributed by atoms with Crippen molar-refractivity contribution in [3.8, 4) is 0 Å². The van der Waals surface area contributed by atoms with Crippen molar-refractivity contribution in [2.24, 2.45) is 0 Å². The first-order valence-electron chi connectivity index (χ1n) is 8.21. The van der Waals surface area contributed by atoms with Crippen molar-refractivity contribution in [1.29, 1.82) is 0 Å². The third-order valence-electron chi connectivity index (χ3n) is 3.76. The molecule has 6 heteroatoms. The van der Waals surface area contributed by atoms with Crippen LogP contribution in [0.15, 0.2) is 71.5 Å². The third kappa shape index (κ3) is 4.57. The van der Waals surface area contributed by atoms with Crippen molar-refractivity contribution in [2.75, 3.05) is 11.9 Å². The number of para-hydroxylation sites is 1. The maximum Gasteiger partial charge on any atom is 0.256 e. The van der Waals surface area contributed by atoms with Gasteiger partial charge in [0.15, 0.2) is 0 Å². The number of nitrogens with zero attached hydrogens (tertiary/aromatic N) is 2. The van der Waals surface area contributed by atoms with Gasteiger partial charge in [0.1, 0.15) is 12.3 Å². The van der Waals surface area contributed by atoms with Gasteiger partial charge in [-0.2, -0.15) is 0 Å². The van der Waals surface area contributed by atoms with E-state index in [1.54, 1.807) is 36.4 Å². The highest BCUT2D eigenvalue weighted by Gasteiger charge is 2.20. The summed E-state index contributed by atoms with van der Waals surface area (Å²) >= 11 is 0. The molecule has 6 nitrogen and oxygen atoms in total. The summed E-state index contributed by atoms with van der Waals surface area (Å²) in [6, 6.07) is 16.1. The molecule has 0 bridgehead atoms. The van der Waals surface area contributed by atoms with Crippen LogP contribution >= 0.6 is 0 Å². The van der Waals surface area contributed by atoms with Gasteiger partial charge in [-0.05, 0) is 43.3 Å². The quantitative estimate of drug-likeness (QED) is 0.741. The van der Waals surface area contributed by atoms with Crippen LogP contribution in [0.3, 0.4) is 0 Å². The molecule has 0 atom stereocenters. The number of anilines is 1. The van der Waals surface area contributed by atoms with E-state index in [2.05, 4.69) is 10.3 Å². The van der Waals surface area contributed by atoms with Gasteiger partial charge in [-0.1, -0.05) is 18.2 Å². The monoisotopic (exact) mass is 349 g/mol. The van der Waals surface area contributed by atoms with Gasteiger partial charge in [0, 0.05) is 17.6 Å². The molecular formula is C20H19N3O3. The van der Waals surface area contributed by atoms with Gasteiger partial charge in [-0.3, -0.25) is 14.6 Å². The lowest BCUT2D eigenvalue weighted by molar-refractivity contribution is -0.117. The average molecular weight is 349 g/mol. The highest BCUT2D eigenvalue weighted by molar-refractivity contribution is 5.99. The number of rotatable bonds is 6. The number of aryl methyl sites for hydroxylation is 1. The molecule has 0 aliphatic rings. The summed E-state index contributed by atoms with van der Waals surface area (Å²) in [7, 11) is 0. The molecule has 3 aromatic rings. The largest absolute Gasteiger partial charge is 0.467 e. The molecule has 26 heavy (non-hydrogen) atoms. The van der Waals surface area contributed by atoms with Gasteiger partial charge in [0.05, 0.1) is 18.4 Å². The van der Waals surface area contributed by atoms with E-state index >= 15 is 0 Å². The predicted octanol–water partition coefficient (Wildman–Crippen LogP) is 3.26. The number of carbonyl (C=O) groups excluding carboxylic acids is 2. The number of carbonyl (C=O) groups is 2. The van der Waals surface area contributed by atoms with Crippen LogP contribution in [0.1, 0.15) is 21.8 Å². The van der Waals surface area contributed by atoms with Crippen molar-refractivity contribution >= 4 is 17.5 Å². The van der Waals surface area contributed by atoms with Gasteiger partial charge in [0.25, 0.3) is 5.91 Å². The SMILES string of the molecule is Cc1ccc(C(=O)N(CC(=O)Nc2ccccc2)Cc2ccco2)cn1. The van der Waals surface area contributed by atoms with Gasteiger partial charge in [0.2, 0.25) is 5.91 Å². The lowest BCUT2D eigenvalue weighted by Crippen LogP contribution is -2.37. The summed E-state index contributed by atoms with van der Waals surface area (Å²) in [6.45, 7) is 1.95. The summed E-state index contributed by atoms with van der Waals surface area (Å²) in [5.41, 5.74) is 1.93. The first-order valence-corrected chi connectivity index (χ1v) is 8.21. The Morgan fingerprint density at radius 2 is 1.88 bits per heavy atom. The van der Waals surface area contributed by atoms with Crippen LogP contribution in [0.25, 0.3) is 0 Å². The number of hydrogen-bond donors (Lipinski definition) is 1. The van der Waals surface area contributed by atoms with E-state index < -0.39 is 0 Å². The van der Waals surface area contributed by atoms with Crippen LogP contribution in [-0.2, 0) is 11.3 Å². The molecule has 0 spiro atoms. The van der Waals surface area contributed by atoms with E-state index in [0.717, 1.165) is 5.69 Å². The zero-order valence-corrected chi connectivity index (χ0v) is 14.4. The summed E-state index contributed by atoms with van der Waals surface area (Å²) in [5.74, 6) is 0.0409. The normalized spacial score (nSPS) is 10.3. The highest BCUT2D eigenvalue weighted by atomic mass is 16.3. The molecule has 1 N–H and O–H groups in total. The Kier molecular flexibility index (Phi) is 5.43. The van der Waals surface area contributed by atoms with Gasteiger partial charge >= 0.3 is 0 Å². The topological polar surface area (TPSA) is 75.4 Å². The van der Waals surface area contributed by atoms with Crippen molar-refractivity contribution in [3.63, 3.8) is 0 Å². The van der Waals surface area contributed by atoms with Crippen molar-refractivity contribution in [1.82, 2.24) is 9.88 Å². The Bertz CT molecular complexity index is 859. The third-order valence-corrected chi connectivity index (χ3v) is 3.76. The summed E-state index contributed by atoms with van der Waals surface area (Å²) in [5, 5.41) is 2.79. The zero-order chi connectivity index (χ0) is 18.4. The fraction of sp³-hybridized carbons (Fsp3) is 0.150. The molecule has 2 aromatic heterocycles. The number of pyridine rings is 1. The molecule has 0 unspecified atom stereocenters. The minimum absolute atomic E-state index is 0.0949. The maximum absolute atomic E-state index is 12.8. The Hall–Kier alpha value is -3.41. The standard InChI is InChI=1S/C20H19N3O3/c1-15-9-10-16(12-21-15)20(25)23(13-18-8-5-11-26-18)14-19(24)22-17-6-3-2-4-7-17/h2-12H,13-14H2,1H3,(H,22,24). The molecular weight excluding hydrogens is 330 g/mol. The number of benzene rings is 1. The molecule has 0 saturated heterocycles. The van der Waals surface area contributed by atoms with Gasteiger partial charge in [-0.25, -0.2) is 0 Å². The fourth-order valence-corrected chi connectivity index (χ4v) is 2.46. The minimum atomic E-state index is -0.281. The Morgan fingerprint density at radius 1 is 1.08 bits per heavy atom. The lowest BCUT2D eigenvalue weighted by Gasteiger charge is -2.21. The average Bonchev–Trinajstić information content (AvgIpc) is 3.15. The van der Waals surface area contributed by atoms with Gasteiger partial charge < -0.3 is 14.6 Å². The van der Waals surface area contributed by atoms with E-state index in [1.165, 1.54) is 17.4 Å². The molecule has 0 aliphatic carbocycles. The zero-order valence-electron chi connectivity index (χ0n) is 14.4. The maximum atomic E-state index is 12.8.